The molecule has 1 saturated heterocycles. The molecule has 1 amide bonds. The fourth-order valence-corrected chi connectivity index (χ4v) is 4.19. The van der Waals surface area contributed by atoms with E-state index < -0.39 is 29.4 Å². The summed E-state index contributed by atoms with van der Waals surface area (Å²) in [4.78, 5) is 20.4. The molecule has 2 heterocycles. The maximum absolute atomic E-state index is 14.9. The smallest absolute Gasteiger partial charge is 0.257 e. The molecule has 6 nitrogen and oxygen atoms in total. The molecule has 8 heteroatoms. The molecule has 2 aromatic carbocycles. The first-order chi connectivity index (χ1) is 15.4. The van der Waals surface area contributed by atoms with Crippen molar-refractivity contribution in [3.05, 3.63) is 65.7 Å². The fraction of sp³-hybridized carbons (Fsp3) is 0.333. The van der Waals surface area contributed by atoms with Gasteiger partial charge in [-0.25, -0.2) is 13.8 Å². The molecule has 0 radical (unpaired) electrons. The molecule has 1 unspecified atom stereocenters. The molecule has 1 aromatic heterocycles. The van der Waals surface area contributed by atoms with Crippen LogP contribution >= 0.6 is 0 Å². The zero-order valence-corrected chi connectivity index (χ0v) is 17.3. The molecular formula is C24H23F2N3O3. The van der Waals surface area contributed by atoms with E-state index in [1.54, 1.807) is 23.1 Å². The van der Waals surface area contributed by atoms with E-state index >= 15 is 0 Å². The highest BCUT2D eigenvalue weighted by atomic mass is 19.2. The van der Waals surface area contributed by atoms with E-state index in [-0.39, 0.29) is 24.2 Å². The monoisotopic (exact) mass is 439 g/mol. The van der Waals surface area contributed by atoms with Gasteiger partial charge in [-0.05, 0) is 37.1 Å². The number of carbonyl (C=O) groups is 1. The molecule has 166 valence electrons. The highest BCUT2D eigenvalue weighted by molar-refractivity contribution is 5.95. The number of benzene rings is 2. The Morgan fingerprint density at radius 3 is 2.41 bits per heavy atom. The Labute approximate surface area is 183 Å². The van der Waals surface area contributed by atoms with Gasteiger partial charge in [-0.2, -0.15) is 0 Å². The average molecular weight is 439 g/mol. The van der Waals surface area contributed by atoms with Crippen molar-refractivity contribution in [2.45, 2.75) is 24.7 Å². The number of hydrogen-bond donors (Lipinski definition) is 2. The minimum Gasteiger partial charge on any atom is -0.386 e. The van der Waals surface area contributed by atoms with Crippen molar-refractivity contribution in [1.29, 1.82) is 0 Å². The van der Waals surface area contributed by atoms with Crippen LogP contribution in [0.15, 0.2) is 48.5 Å². The zero-order chi connectivity index (χ0) is 22.5. The number of rotatable bonds is 4. The van der Waals surface area contributed by atoms with E-state index in [9.17, 15) is 23.8 Å². The minimum absolute atomic E-state index is 0.00424. The predicted octanol–water partition coefficient (Wildman–Crippen LogP) is 2.78. The van der Waals surface area contributed by atoms with Crippen LogP contribution < -0.4 is 0 Å². The largest absolute Gasteiger partial charge is 0.386 e. The first-order valence-corrected chi connectivity index (χ1v) is 10.7. The summed E-state index contributed by atoms with van der Waals surface area (Å²) in [5.74, 6) is -2.90. The molecule has 1 aliphatic heterocycles. The number of aliphatic hydroxyl groups excluding tert-OH is 1. The van der Waals surface area contributed by atoms with Crippen LogP contribution in [0.4, 0.5) is 8.78 Å². The van der Waals surface area contributed by atoms with Gasteiger partial charge in [0.1, 0.15) is 11.8 Å². The Hall–Kier alpha value is -2.94. The van der Waals surface area contributed by atoms with Gasteiger partial charge in [-0.1, -0.05) is 24.3 Å². The minimum atomic E-state index is -1.20. The summed E-state index contributed by atoms with van der Waals surface area (Å²) in [7, 11) is 0. The van der Waals surface area contributed by atoms with Gasteiger partial charge in [0.25, 0.3) is 5.91 Å². The molecule has 0 bridgehead atoms. The van der Waals surface area contributed by atoms with Gasteiger partial charge in [0.2, 0.25) is 0 Å². The van der Waals surface area contributed by atoms with Crippen LogP contribution in [0.1, 0.15) is 23.2 Å². The number of aliphatic hydroxyl groups is 2. The molecule has 2 N–H and O–H groups in total. The van der Waals surface area contributed by atoms with E-state index in [4.69, 9.17) is 0 Å². The summed E-state index contributed by atoms with van der Waals surface area (Å²) >= 11 is 0. The molecule has 1 saturated carbocycles. The summed E-state index contributed by atoms with van der Waals surface area (Å²) in [6, 6.07) is 13.5. The predicted molar refractivity (Wildman–Crippen MR) is 115 cm³/mol. The molecule has 2 fully saturated rings. The molecule has 2 aliphatic rings. The number of carbonyl (C=O) groups excluding carboxylic acids is 1. The van der Waals surface area contributed by atoms with Gasteiger partial charge in [0, 0.05) is 37.1 Å². The van der Waals surface area contributed by atoms with Crippen LogP contribution in [0, 0.1) is 11.6 Å². The summed E-state index contributed by atoms with van der Waals surface area (Å²) in [5.41, 5.74) is -0.438. The SMILES string of the molecule is O=C(c1ccc(-c2ccc3ccccc3n2)c(F)c1F)N1CCN(C(O)C2(O)CC2)CC1. The van der Waals surface area contributed by atoms with Crippen LogP contribution in [0.5, 0.6) is 0 Å². The lowest BCUT2D eigenvalue weighted by Crippen LogP contribution is -2.55. The van der Waals surface area contributed by atoms with E-state index in [0.717, 1.165) is 5.39 Å². The second-order valence-electron chi connectivity index (χ2n) is 8.48. The number of halogens is 2. The highest BCUT2D eigenvalue weighted by Crippen LogP contribution is 2.39. The number of hydrogen-bond acceptors (Lipinski definition) is 5. The van der Waals surface area contributed by atoms with Crippen molar-refractivity contribution in [1.82, 2.24) is 14.8 Å². The first kappa shape index (κ1) is 20.9. The zero-order valence-electron chi connectivity index (χ0n) is 17.3. The van der Waals surface area contributed by atoms with Crippen LogP contribution in [0.25, 0.3) is 22.2 Å². The third kappa shape index (κ3) is 3.64. The number of fused-ring (bicyclic) bond motifs is 1. The quantitative estimate of drug-likeness (QED) is 0.654. The molecule has 3 aromatic rings. The first-order valence-electron chi connectivity index (χ1n) is 10.7. The fourth-order valence-electron chi connectivity index (χ4n) is 4.19. The van der Waals surface area contributed by atoms with Crippen LogP contribution in [0.3, 0.4) is 0 Å². The lowest BCUT2D eigenvalue weighted by molar-refractivity contribution is -0.108. The third-order valence-electron chi connectivity index (χ3n) is 6.38. The molecular weight excluding hydrogens is 416 g/mol. The Balaban J connectivity index is 1.34. The van der Waals surface area contributed by atoms with Gasteiger partial charge >= 0.3 is 0 Å². The van der Waals surface area contributed by atoms with Crippen molar-refractivity contribution in [2.75, 3.05) is 26.2 Å². The number of aromatic nitrogens is 1. The van der Waals surface area contributed by atoms with E-state index in [1.807, 2.05) is 18.2 Å². The second kappa shape index (κ2) is 7.88. The number of piperazine rings is 1. The van der Waals surface area contributed by atoms with Crippen molar-refractivity contribution in [3.8, 4) is 11.3 Å². The van der Waals surface area contributed by atoms with E-state index in [2.05, 4.69) is 4.98 Å². The van der Waals surface area contributed by atoms with Crippen molar-refractivity contribution in [3.63, 3.8) is 0 Å². The summed E-state index contributed by atoms with van der Waals surface area (Å²) < 4.78 is 29.8. The Morgan fingerprint density at radius 2 is 1.69 bits per heavy atom. The Kier molecular flexibility index (Phi) is 5.16. The van der Waals surface area contributed by atoms with Gasteiger partial charge in [0.05, 0.1) is 16.8 Å². The lowest BCUT2D eigenvalue weighted by Gasteiger charge is -2.38. The van der Waals surface area contributed by atoms with Gasteiger partial charge in [-0.15, -0.1) is 0 Å². The van der Waals surface area contributed by atoms with Gasteiger partial charge in [0.15, 0.2) is 11.6 Å². The van der Waals surface area contributed by atoms with E-state index in [0.29, 0.717) is 37.1 Å². The average Bonchev–Trinajstić information content (AvgIpc) is 3.58. The topological polar surface area (TPSA) is 76.9 Å². The third-order valence-corrected chi connectivity index (χ3v) is 6.38. The molecule has 1 aliphatic carbocycles. The van der Waals surface area contributed by atoms with Crippen LogP contribution in [-0.4, -0.2) is 68.9 Å². The summed E-state index contributed by atoms with van der Waals surface area (Å²) in [6.45, 7) is 1.19. The van der Waals surface area contributed by atoms with Crippen molar-refractivity contribution >= 4 is 16.8 Å². The summed E-state index contributed by atoms with van der Waals surface area (Å²) in [6.07, 6.45) is 0.134. The number of pyridine rings is 1. The molecule has 1 atom stereocenters. The normalized spacial score (nSPS) is 19.2. The maximum Gasteiger partial charge on any atom is 0.257 e. The van der Waals surface area contributed by atoms with Gasteiger partial charge < -0.3 is 15.1 Å². The number of amides is 1. The van der Waals surface area contributed by atoms with Gasteiger partial charge in [-0.3, -0.25) is 9.69 Å². The maximum atomic E-state index is 14.9. The highest BCUT2D eigenvalue weighted by Gasteiger charge is 2.50. The second-order valence-corrected chi connectivity index (χ2v) is 8.48. The molecule has 0 spiro atoms. The molecule has 32 heavy (non-hydrogen) atoms. The van der Waals surface area contributed by atoms with Crippen LogP contribution in [0.2, 0.25) is 0 Å². The van der Waals surface area contributed by atoms with Crippen molar-refractivity contribution in [2.24, 2.45) is 0 Å². The Bertz CT molecular complexity index is 1190. The van der Waals surface area contributed by atoms with Crippen molar-refractivity contribution < 1.29 is 23.8 Å². The number of nitrogens with zero attached hydrogens (tertiary/aromatic N) is 3. The lowest BCUT2D eigenvalue weighted by atomic mass is 10.0. The Morgan fingerprint density at radius 1 is 0.969 bits per heavy atom. The number of para-hydroxylation sites is 1. The molecule has 5 rings (SSSR count). The summed E-state index contributed by atoms with van der Waals surface area (Å²) in [5, 5.41) is 21.2. The standard InChI is InChI=1S/C24H23F2N3O3/c25-20-16(19-8-5-15-3-1-2-4-18(15)27-19)6-7-17(21(20)26)22(30)28-11-13-29(14-12-28)23(31)24(32)9-10-24/h1-8,23,31-32H,9-14H2. The van der Waals surface area contributed by atoms with Crippen LogP contribution in [-0.2, 0) is 0 Å². The van der Waals surface area contributed by atoms with E-state index in [1.165, 1.54) is 17.0 Å².